The van der Waals surface area contributed by atoms with E-state index in [0.717, 1.165) is 25.0 Å². The smallest absolute Gasteiger partial charge is 0.280 e. The Bertz CT molecular complexity index is 1900. The molecular formula is C35H39FN6O5. The van der Waals surface area contributed by atoms with Gasteiger partial charge in [0, 0.05) is 23.6 Å². The summed E-state index contributed by atoms with van der Waals surface area (Å²) < 4.78 is 25.7. The number of fused-ring (bicyclic) bond motifs is 1. The lowest BCUT2D eigenvalue weighted by molar-refractivity contribution is -0.102. The maximum atomic E-state index is 15.9. The molecule has 2 aliphatic carbocycles. The van der Waals surface area contributed by atoms with Crippen molar-refractivity contribution in [2.75, 3.05) is 0 Å². The molecule has 4 aromatic rings. The first-order valence-electron chi connectivity index (χ1n) is 16.4. The van der Waals surface area contributed by atoms with Gasteiger partial charge in [-0.15, -0.1) is 0 Å². The topological polar surface area (TPSA) is 136 Å². The van der Waals surface area contributed by atoms with Crippen LogP contribution in [0.5, 0.6) is 0 Å². The summed E-state index contributed by atoms with van der Waals surface area (Å²) in [5.41, 5.74) is 5.17. The monoisotopic (exact) mass is 642 g/mol. The fourth-order valence-electron chi connectivity index (χ4n) is 6.97. The van der Waals surface area contributed by atoms with Gasteiger partial charge in [0.1, 0.15) is 17.7 Å². The Kier molecular flexibility index (Phi) is 8.52. The lowest BCUT2D eigenvalue weighted by Gasteiger charge is -2.34. The van der Waals surface area contributed by atoms with E-state index in [1.807, 2.05) is 44.2 Å². The summed E-state index contributed by atoms with van der Waals surface area (Å²) in [6.07, 6.45) is 8.56. The lowest BCUT2D eigenvalue weighted by atomic mass is 9.91. The van der Waals surface area contributed by atoms with E-state index < -0.39 is 17.8 Å². The molecule has 2 aromatic heterocycles. The maximum Gasteiger partial charge on any atom is 0.280 e. The summed E-state index contributed by atoms with van der Waals surface area (Å²) in [5.74, 6) is 0.419. The van der Waals surface area contributed by atoms with Gasteiger partial charge in [-0.2, -0.15) is 10.1 Å². The summed E-state index contributed by atoms with van der Waals surface area (Å²) in [7, 11) is 0. The Morgan fingerprint density at radius 1 is 1.13 bits per heavy atom. The van der Waals surface area contributed by atoms with E-state index in [9.17, 15) is 15.0 Å². The number of aryl methyl sites for hydroxylation is 1. The summed E-state index contributed by atoms with van der Waals surface area (Å²) in [6, 6.07) is 12.2. The van der Waals surface area contributed by atoms with Crippen molar-refractivity contribution in [1.82, 2.24) is 24.6 Å². The van der Waals surface area contributed by atoms with Crippen molar-refractivity contribution in [2.24, 2.45) is 4.99 Å². The van der Waals surface area contributed by atoms with Crippen molar-refractivity contribution in [3.63, 3.8) is 0 Å². The van der Waals surface area contributed by atoms with Crippen molar-refractivity contribution in [3.8, 4) is 11.1 Å². The Morgan fingerprint density at radius 2 is 1.89 bits per heavy atom. The highest BCUT2D eigenvalue weighted by atomic mass is 19.1. The molecule has 11 nitrogen and oxygen atoms in total. The molecular weight excluding hydrogens is 603 g/mol. The molecule has 47 heavy (non-hydrogen) atoms. The first-order chi connectivity index (χ1) is 22.8. The molecule has 0 radical (unpaired) electrons. The summed E-state index contributed by atoms with van der Waals surface area (Å²) in [5, 5.41) is 24.7. The number of aliphatic hydroxyl groups is 2. The van der Waals surface area contributed by atoms with Gasteiger partial charge >= 0.3 is 0 Å². The van der Waals surface area contributed by atoms with Crippen LogP contribution in [0.15, 0.2) is 70.7 Å². The molecule has 2 atom stereocenters. The van der Waals surface area contributed by atoms with Crippen LogP contribution in [0.4, 0.5) is 4.39 Å². The number of nitrogens with one attached hydrogen (secondary N) is 1. The fourth-order valence-corrected chi connectivity index (χ4v) is 6.97. The lowest BCUT2D eigenvalue weighted by Crippen LogP contribution is -2.38. The van der Waals surface area contributed by atoms with Gasteiger partial charge in [0.2, 0.25) is 5.78 Å². The Morgan fingerprint density at radius 3 is 2.55 bits per heavy atom. The summed E-state index contributed by atoms with van der Waals surface area (Å²) in [4.78, 5) is 27.9. The van der Waals surface area contributed by atoms with E-state index in [4.69, 9.17) is 9.57 Å². The highest BCUT2D eigenvalue weighted by molar-refractivity contribution is 6.04. The third kappa shape index (κ3) is 6.02. The SMILES string of the molecule is CCCc1c(Cc2ccc(-c3ccccc3C3=NC(O)ON3)cc2F)c(=O)n(C2CCC(OC(CC)C3(O)C=C3)CC2)c2ncnn12. The summed E-state index contributed by atoms with van der Waals surface area (Å²) in [6.45, 7) is 4.05. The maximum absolute atomic E-state index is 15.9. The van der Waals surface area contributed by atoms with Crippen LogP contribution in [0.25, 0.3) is 16.9 Å². The third-order valence-electron chi connectivity index (χ3n) is 9.49. The number of rotatable bonds is 11. The average molecular weight is 643 g/mol. The zero-order valence-corrected chi connectivity index (χ0v) is 26.5. The van der Waals surface area contributed by atoms with Gasteiger partial charge in [0.15, 0.2) is 5.84 Å². The highest BCUT2D eigenvalue weighted by Crippen LogP contribution is 2.37. The fraction of sp³-hybridized carbons (Fsp3) is 0.429. The second kappa shape index (κ2) is 12.8. The number of benzene rings is 2. The molecule has 0 saturated heterocycles. The number of aliphatic hydroxyl groups excluding tert-OH is 1. The van der Waals surface area contributed by atoms with Crippen molar-refractivity contribution in [1.29, 1.82) is 0 Å². The number of nitrogens with zero attached hydrogens (tertiary/aromatic N) is 5. The molecule has 3 N–H and O–H groups in total. The quantitative estimate of drug-likeness (QED) is 0.205. The zero-order chi connectivity index (χ0) is 32.7. The molecule has 7 rings (SSSR count). The standard InChI is InChI=1S/C35H39FN6O5/c1-3-7-29-27(18-22-11-10-21(19-28(22)36)25-8-5-6-9-26(25)31-39-34(44)47-40-31)32(43)41(33-37-20-38-42(29)33)23-12-14-24(15-13-23)46-30(4-2)35(45)16-17-35/h5-6,8-11,16-17,19-20,23-24,30,34,44-45H,3-4,7,12-15,18H2,1-2H3,(H,39,40). The molecule has 0 bridgehead atoms. The predicted molar refractivity (Wildman–Crippen MR) is 173 cm³/mol. The molecule has 246 valence electrons. The number of hydrogen-bond donors (Lipinski definition) is 3. The molecule has 0 spiro atoms. The Balaban J connectivity index is 1.18. The third-order valence-corrected chi connectivity index (χ3v) is 9.49. The minimum absolute atomic E-state index is 0.00194. The van der Waals surface area contributed by atoms with Crippen LogP contribution >= 0.6 is 0 Å². The zero-order valence-electron chi connectivity index (χ0n) is 26.5. The van der Waals surface area contributed by atoms with E-state index in [-0.39, 0.29) is 30.2 Å². The number of amidine groups is 1. The van der Waals surface area contributed by atoms with Gasteiger partial charge < -0.3 is 14.9 Å². The average Bonchev–Trinajstić information content (AvgIpc) is 3.41. The number of aromatic nitrogens is 4. The van der Waals surface area contributed by atoms with E-state index in [2.05, 4.69) is 20.6 Å². The Labute approximate surface area is 271 Å². The molecule has 12 heteroatoms. The molecule has 1 fully saturated rings. The molecule has 3 aliphatic rings. The molecule has 1 saturated carbocycles. The van der Waals surface area contributed by atoms with Crippen molar-refractivity contribution >= 4 is 11.6 Å². The minimum atomic E-state index is -1.31. The predicted octanol–water partition coefficient (Wildman–Crippen LogP) is 4.38. The van der Waals surface area contributed by atoms with E-state index in [0.29, 0.717) is 65.1 Å². The van der Waals surface area contributed by atoms with Gasteiger partial charge in [0.05, 0.1) is 17.9 Å². The van der Waals surface area contributed by atoms with Crippen LogP contribution in [0.2, 0.25) is 0 Å². The number of hydroxylamine groups is 1. The second-order valence-corrected chi connectivity index (χ2v) is 12.6. The first kappa shape index (κ1) is 31.4. The van der Waals surface area contributed by atoms with Crippen LogP contribution in [-0.2, 0) is 22.4 Å². The van der Waals surface area contributed by atoms with Crippen LogP contribution < -0.4 is 11.0 Å². The van der Waals surface area contributed by atoms with Crippen molar-refractivity contribution in [3.05, 3.63) is 99.5 Å². The molecule has 3 heterocycles. The number of hydrogen-bond acceptors (Lipinski definition) is 9. The number of ether oxygens (including phenoxy) is 1. The van der Waals surface area contributed by atoms with E-state index in [1.54, 1.807) is 27.3 Å². The van der Waals surface area contributed by atoms with Crippen LogP contribution in [0.1, 0.15) is 80.8 Å². The molecule has 0 amide bonds. The van der Waals surface area contributed by atoms with Gasteiger partial charge in [-0.25, -0.2) is 24.2 Å². The normalized spacial score (nSPS) is 22.3. The van der Waals surface area contributed by atoms with E-state index in [1.165, 1.54) is 12.4 Å². The van der Waals surface area contributed by atoms with E-state index >= 15 is 4.39 Å². The Hall–Kier alpha value is -4.23. The largest absolute Gasteiger partial charge is 0.379 e. The van der Waals surface area contributed by atoms with Gasteiger partial charge in [-0.05, 0) is 73.4 Å². The van der Waals surface area contributed by atoms with Crippen LogP contribution in [0, 0.1) is 5.82 Å². The molecule has 1 aliphatic heterocycles. The summed E-state index contributed by atoms with van der Waals surface area (Å²) >= 11 is 0. The van der Waals surface area contributed by atoms with Crippen molar-refractivity contribution < 1.29 is 24.2 Å². The van der Waals surface area contributed by atoms with Crippen molar-refractivity contribution in [2.45, 2.75) is 95.5 Å². The second-order valence-electron chi connectivity index (χ2n) is 12.6. The number of halogens is 1. The number of aliphatic imine (C=N–C) groups is 1. The first-order valence-corrected chi connectivity index (χ1v) is 16.4. The van der Waals surface area contributed by atoms with Crippen LogP contribution in [-0.4, -0.2) is 59.4 Å². The minimum Gasteiger partial charge on any atom is -0.379 e. The van der Waals surface area contributed by atoms with Gasteiger partial charge in [0.25, 0.3) is 12.0 Å². The van der Waals surface area contributed by atoms with Gasteiger partial charge in [-0.3, -0.25) is 9.36 Å². The van der Waals surface area contributed by atoms with Crippen LogP contribution in [0.3, 0.4) is 0 Å². The van der Waals surface area contributed by atoms with Gasteiger partial charge in [-0.1, -0.05) is 56.7 Å². The highest BCUT2D eigenvalue weighted by Gasteiger charge is 2.42. The molecule has 2 aromatic carbocycles. The molecule has 2 unspecified atom stereocenters.